The van der Waals surface area contributed by atoms with Crippen LogP contribution in [0.3, 0.4) is 0 Å². The molecule has 0 spiro atoms. The predicted molar refractivity (Wildman–Crippen MR) is 127 cm³/mol. The van der Waals surface area contributed by atoms with Gasteiger partial charge in [-0.2, -0.15) is 0 Å². The molecule has 1 fully saturated rings. The molecule has 11 heteroatoms. The minimum absolute atomic E-state index is 0.00170. The van der Waals surface area contributed by atoms with Crippen molar-refractivity contribution < 1.29 is 8.42 Å². The SMILES string of the molecule is Cc1c[nH]c2ncnc(N3CCN(C(=NS(C)(=O)=O)Nc4cccc(Br)c4)C(C)C3)c12. The average Bonchev–Trinajstić information content (AvgIpc) is 3.08. The van der Waals surface area contributed by atoms with Gasteiger partial charge in [0.15, 0.2) is 0 Å². The fourth-order valence-electron chi connectivity index (χ4n) is 3.80. The standard InChI is InChI=1S/C20H24BrN7O2S/c1-13-10-22-18-17(13)19(24-12-23-18)27-7-8-28(14(2)11-27)20(26-31(3,29)30)25-16-6-4-5-15(21)9-16/h4-6,9-10,12,14H,7-8,11H2,1-3H3,(H,25,26)(H,22,23,24). The zero-order valence-corrected chi connectivity index (χ0v) is 19.9. The molecule has 2 aromatic heterocycles. The number of H-pyrrole nitrogens is 1. The summed E-state index contributed by atoms with van der Waals surface area (Å²) in [5.41, 5.74) is 2.66. The van der Waals surface area contributed by atoms with Crippen LogP contribution in [0.2, 0.25) is 0 Å². The minimum Gasteiger partial charge on any atom is -0.352 e. The quantitative estimate of drug-likeness (QED) is 0.416. The Balaban J connectivity index is 1.60. The van der Waals surface area contributed by atoms with Crippen LogP contribution < -0.4 is 10.2 Å². The number of nitrogens with zero attached hydrogens (tertiary/aromatic N) is 5. The van der Waals surface area contributed by atoms with Crippen molar-refractivity contribution in [1.82, 2.24) is 19.9 Å². The van der Waals surface area contributed by atoms with Crippen molar-refractivity contribution in [2.45, 2.75) is 19.9 Å². The Morgan fingerprint density at radius 2 is 2.13 bits per heavy atom. The van der Waals surface area contributed by atoms with Crippen LogP contribution in [0.15, 0.2) is 45.7 Å². The third-order valence-electron chi connectivity index (χ3n) is 5.18. The lowest BCUT2D eigenvalue weighted by atomic mass is 10.1. The van der Waals surface area contributed by atoms with Gasteiger partial charge in [-0.05, 0) is 37.6 Å². The number of aryl methyl sites for hydroxylation is 1. The van der Waals surface area contributed by atoms with Crippen molar-refractivity contribution in [1.29, 1.82) is 0 Å². The highest BCUT2D eigenvalue weighted by atomic mass is 79.9. The maximum Gasteiger partial charge on any atom is 0.253 e. The number of piperazine rings is 1. The summed E-state index contributed by atoms with van der Waals surface area (Å²) >= 11 is 3.44. The lowest BCUT2D eigenvalue weighted by molar-refractivity contribution is 0.297. The maximum absolute atomic E-state index is 12.0. The third-order valence-corrected chi connectivity index (χ3v) is 6.18. The molecule has 2 N–H and O–H groups in total. The Bertz CT molecular complexity index is 1240. The number of guanidine groups is 1. The first-order valence-corrected chi connectivity index (χ1v) is 12.5. The Morgan fingerprint density at radius 1 is 1.32 bits per heavy atom. The lowest BCUT2D eigenvalue weighted by Crippen LogP contribution is -2.56. The van der Waals surface area contributed by atoms with Crippen LogP contribution in [0.4, 0.5) is 11.5 Å². The molecule has 9 nitrogen and oxygen atoms in total. The molecule has 3 heterocycles. The smallest absolute Gasteiger partial charge is 0.253 e. The van der Waals surface area contributed by atoms with Gasteiger partial charge in [-0.25, -0.2) is 18.4 Å². The van der Waals surface area contributed by atoms with E-state index < -0.39 is 10.0 Å². The third kappa shape index (κ3) is 4.82. The van der Waals surface area contributed by atoms with Crippen LogP contribution in [0, 0.1) is 6.92 Å². The number of hydrogen-bond acceptors (Lipinski definition) is 5. The monoisotopic (exact) mass is 505 g/mol. The van der Waals surface area contributed by atoms with E-state index >= 15 is 0 Å². The average molecular weight is 506 g/mol. The molecule has 3 aromatic rings. The van der Waals surface area contributed by atoms with Crippen LogP contribution in [0.25, 0.3) is 11.0 Å². The van der Waals surface area contributed by atoms with Crippen molar-refractivity contribution in [3.63, 3.8) is 0 Å². The molecule has 1 aromatic carbocycles. The molecule has 1 aliphatic rings. The van der Waals surface area contributed by atoms with Gasteiger partial charge in [-0.1, -0.05) is 22.0 Å². The van der Waals surface area contributed by atoms with Gasteiger partial charge >= 0.3 is 0 Å². The second-order valence-electron chi connectivity index (χ2n) is 7.66. The number of fused-ring (bicyclic) bond motifs is 1. The molecule has 1 unspecified atom stereocenters. The Hall–Kier alpha value is -2.66. The van der Waals surface area contributed by atoms with Gasteiger partial charge in [0.25, 0.3) is 10.0 Å². The number of hydrogen-bond donors (Lipinski definition) is 2. The molecule has 1 atom stereocenters. The highest BCUT2D eigenvalue weighted by Crippen LogP contribution is 2.28. The maximum atomic E-state index is 12.0. The predicted octanol–water partition coefficient (Wildman–Crippen LogP) is 2.97. The van der Waals surface area contributed by atoms with Crippen molar-refractivity contribution in [2.75, 3.05) is 36.1 Å². The number of nitrogens with one attached hydrogen (secondary N) is 2. The van der Waals surface area contributed by atoms with E-state index in [1.165, 1.54) is 0 Å². The van der Waals surface area contributed by atoms with Crippen LogP contribution in [-0.2, 0) is 10.0 Å². The molecule has 1 aliphatic heterocycles. The minimum atomic E-state index is -3.59. The summed E-state index contributed by atoms with van der Waals surface area (Å²) < 4.78 is 28.9. The van der Waals surface area contributed by atoms with Crippen molar-refractivity contribution in [3.05, 3.63) is 46.8 Å². The molecule has 31 heavy (non-hydrogen) atoms. The number of anilines is 2. The van der Waals surface area contributed by atoms with Crippen molar-refractivity contribution in [3.8, 4) is 0 Å². The summed E-state index contributed by atoms with van der Waals surface area (Å²) in [6, 6.07) is 7.54. The highest BCUT2D eigenvalue weighted by molar-refractivity contribution is 9.10. The van der Waals surface area contributed by atoms with E-state index in [1.54, 1.807) is 6.33 Å². The van der Waals surface area contributed by atoms with Gasteiger partial charge in [0.1, 0.15) is 17.8 Å². The first-order valence-electron chi connectivity index (χ1n) is 9.84. The Labute approximate surface area is 189 Å². The zero-order chi connectivity index (χ0) is 22.2. The molecule has 0 radical (unpaired) electrons. The second kappa shape index (κ2) is 8.46. The van der Waals surface area contributed by atoms with Crippen LogP contribution in [0.5, 0.6) is 0 Å². The number of benzene rings is 1. The summed E-state index contributed by atoms with van der Waals surface area (Å²) in [7, 11) is -3.59. The summed E-state index contributed by atoms with van der Waals surface area (Å²) in [5, 5.41) is 4.20. The molecule has 0 saturated carbocycles. The number of rotatable bonds is 3. The largest absolute Gasteiger partial charge is 0.352 e. The normalized spacial score (nSPS) is 17.9. The van der Waals surface area contributed by atoms with Gasteiger partial charge in [0.05, 0.1) is 11.6 Å². The van der Waals surface area contributed by atoms with E-state index in [-0.39, 0.29) is 6.04 Å². The Morgan fingerprint density at radius 3 is 2.84 bits per heavy atom. The topological polar surface area (TPSA) is 107 Å². The van der Waals surface area contributed by atoms with Crippen molar-refractivity contribution in [2.24, 2.45) is 4.40 Å². The van der Waals surface area contributed by atoms with Gasteiger partial charge in [0, 0.05) is 42.0 Å². The first kappa shape index (κ1) is 21.6. The van der Waals surface area contributed by atoms with Crippen LogP contribution in [0.1, 0.15) is 12.5 Å². The number of aromatic nitrogens is 3. The van der Waals surface area contributed by atoms with E-state index in [0.717, 1.165) is 38.8 Å². The van der Waals surface area contributed by atoms with Gasteiger partial charge in [-0.15, -0.1) is 4.40 Å². The van der Waals surface area contributed by atoms with Crippen molar-refractivity contribution >= 4 is 54.5 Å². The van der Waals surface area contributed by atoms with E-state index in [0.29, 0.717) is 25.6 Å². The van der Waals surface area contributed by atoms with E-state index in [1.807, 2.05) is 42.3 Å². The summed E-state index contributed by atoms with van der Waals surface area (Å²) in [6.07, 6.45) is 4.60. The Kier molecular flexibility index (Phi) is 5.89. The fraction of sp³-hybridized carbons (Fsp3) is 0.350. The summed E-state index contributed by atoms with van der Waals surface area (Å²) in [4.78, 5) is 16.2. The molecule has 0 aliphatic carbocycles. The van der Waals surface area contributed by atoms with E-state index in [2.05, 4.69) is 52.4 Å². The van der Waals surface area contributed by atoms with E-state index in [4.69, 9.17) is 0 Å². The van der Waals surface area contributed by atoms with Gasteiger partial charge < -0.3 is 20.1 Å². The second-order valence-corrected chi connectivity index (χ2v) is 10.2. The molecular formula is C20H24BrN7O2S. The lowest BCUT2D eigenvalue weighted by Gasteiger charge is -2.42. The number of halogens is 1. The van der Waals surface area contributed by atoms with Crippen LogP contribution >= 0.6 is 15.9 Å². The number of sulfonamides is 1. The molecule has 164 valence electrons. The highest BCUT2D eigenvalue weighted by Gasteiger charge is 2.29. The van der Waals surface area contributed by atoms with Gasteiger partial charge in [0.2, 0.25) is 5.96 Å². The van der Waals surface area contributed by atoms with Crippen LogP contribution in [-0.4, -0.2) is 66.2 Å². The molecular weight excluding hydrogens is 482 g/mol. The fourth-order valence-corrected chi connectivity index (χ4v) is 4.67. The molecule has 4 rings (SSSR count). The van der Waals surface area contributed by atoms with Gasteiger partial charge in [-0.3, -0.25) is 0 Å². The number of aromatic amines is 1. The summed E-state index contributed by atoms with van der Waals surface area (Å²) in [6.45, 7) is 6.01. The molecule has 1 saturated heterocycles. The molecule has 0 bridgehead atoms. The molecule has 0 amide bonds. The zero-order valence-electron chi connectivity index (χ0n) is 17.5. The first-order chi connectivity index (χ1) is 14.7. The van der Waals surface area contributed by atoms with E-state index in [9.17, 15) is 8.42 Å². The summed E-state index contributed by atoms with van der Waals surface area (Å²) in [5.74, 6) is 1.20.